The zero-order valence-electron chi connectivity index (χ0n) is 72.5. The maximum Gasteiger partial charge on any atom is 0.354 e. The Hall–Kier alpha value is -7.36. The maximum atomic E-state index is 14.0. The largest absolute Gasteiger partial charge is 0.540 e. The molecule has 6 aromatic rings. The summed E-state index contributed by atoms with van der Waals surface area (Å²) in [6.45, 7) is 24.2. The van der Waals surface area contributed by atoms with E-state index in [4.69, 9.17) is 33.4 Å². The summed E-state index contributed by atoms with van der Waals surface area (Å²) in [5, 5.41) is 8.44. The van der Waals surface area contributed by atoms with Gasteiger partial charge in [-0.3, -0.25) is 28.8 Å². The zero-order valence-corrected chi connectivity index (χ0v) is 76.7. The second kappa shape index (κ2) is 41.6. The first-order chi connectivity index (χ1) is 56.4. The molecule has 6 bridgehead atoms. The van der Waals surface area contributed by atoms with Crippen LogP contribution in [-0.2, 0) is 132 Å². The third-order valence-corrected chi connectivity index (χ3v) is 27.1. The van der Waals surface area contributed by atoms with E-state index in [1.807, 2.05) is 118 Å². The second-order valence-corrected chi connectivity index (χ2v) is 38.3. The number of nitrogens with zero attached hydrogens (tertiary/aromatic N) is 12. The third kappa shape index (κ3) is 22.3. The molecule has 3 amide bonds. The van der Waals surface area contributed by atoms with Crippen molar-refractivity contribution >= 4 is 71.4 Å². The molecule has 3 saturated carbocycles. The number of carbonyl (C=O) groups is 6. The molecule has 6 aromatic heterocycles. The quantitative estimate of drug-likeness (QED) is 0.0902. The summed E-state index contributed by atoms with van der Waals surface area (Å²) in [7, 11) is 0. The van der Waals surface area contributed by atoms with Crippen LogP contribution in [0.1, 0.15) is 248 Å². The van der Waals surface area contributed by atoms with Crippen molar-refractivity contribution < 1.29 is 127 Å². The predicted octanol–water partition coefficient (Wildman–Crippen LogP) is 12.2. The van der Waals surface area contributed by atoms with Crippen molar-refractivity contribution in [1.82, 2.24) is 57.8 Å². The normalized spacial score (nSPS) is 30.2. The van der Waals surface area contributed by atoms with Crippen LogP contribution in [0.25, 0.3) is 16.9 Å². The average Bonchev–Trinajstić information content (AvgIpc) is 1.64. The van der Waals surface area contributed by atoms with E-state index in [2.05, 4.69) is 38.9 Å². The number of hydrogen-bond acceptors (Lipinski definition) is 21. The average molecular weight is 1780 g/mol. The summed E-state index contributed by atoms with van der Waals surface area (Å²) in [5.41, 5.74) is 2.03. The predicted molar refractivity (Wildman–Crippen MR) is 437 cm³/mol. The standard InChI is InChI=1S/C31H42N3O5.C30H41N4O5.C29H40N5O6.3V/c1-20-24(19-35)34-18-27(20)38-26-16-28-32-13-14-33(28)17-22(26)10-7-5-6-9-21-11-8-12-25(21)39-29(36)15-23(30(34)37)31(2,3)4;1-19-23(18-35)33-16-25(19)38-26-17-34-27(13-14-31-34)32-22(26)11-7-5-6-9-20-10-8-12-24(20)39-28(36)15-21(29(33)37)30(2,3)4;1-18-21(17-35)33-16-23(18)40-27-31-24-12-13-30-34(24)28(38)32(27)14-7-5-6-9-19-10-8-11-22(19)39-25(36)15-20(26(33)37)29(2,3)4;;;/h13-14,16-17,20-21,23-25,27H,5-12,15,18H2,1-4H3;13-14,17,19-21,23-25H,5-12,15-16H2,1-4H3;12-13,18-23H,5-11,14-16H2,1-4H3;;;/q3*-1;;;/t20-,21+,23+,24+,25+,27-;19-,20+,21+,23+,24+,25-;18-,19+,20+,21+,22+,23-;;;/m000.../s1. The minimum absolute atomic E-state index is 0. The van der Waals surface area contributed by atoms with Crippen LogP contribution < -0.4 is 19.9 Å². The third-order valence-electron chi connectivity index (χ3n) is 27.1. The Balaban J connectivity index is 0.000000188. The Labute approximate surface area is 746 Å². The number of rotatable bonds is 3. The monoisotopic (exact) mass is 1780 g/mol. The first kappa shape index (κ1) is 95.9. The molecule has 3 saturated heterocycles. The number of imidazole rings is 1. The van der Waals surface area contributed by atoms with Gasteiger partial charge in [-0.25, -0.2) is 42.7 Å². The second-order valence-electron chi connectivity index (χ2n) is 38.3. The molecule has 3 aliphatic carbocycles. The zero-order chi connectivity index (χ0) is 84.1. The van der Waals surface area contributed by atoms with Gasteiger partial charge < -0.3 is 61.9 Å². The van der Waals surface area contributed by atoms with E-state index in [1.165, 1.54) is 20.2 Å². The van der Waals surface area contributed by atoms with Crippen LogP contribution in [0.3, 0.4) is 0 Å². The molecule has 657 valence electrons. The minimum Gasteiger partial charge on any atom is -0.540 e. The minimum atomic E-state index is -0.849. The van der Waals surface area contributed by atoms with Gasteiger partial charge >= 0.3 is 29.6 Å². The van der Waals surface area contributed by atoms with E-state index in [-0.39, 0.29) is 178 Å². The summed E-state index contributed by atoms with van der Waals surface area (Å²) in [5.74, 6) is -2.12. The van der Waals surface area contributed by atoms with Crippen molar-refractivity contribution in [2.75, 3.05) is 19.6 Å². The van der Waals surface area contributed by atoms with Crippen LogP contribution in [-0.4, -0.2) is 187 Å². The molecule has 15 rings (SSSR count). The fourth-order valence-electron chi connectivity index (χ4n) is 19.7. The Bertz CT molecular complexity index is 4460. The molecule has 31 heteroatoms. The van der Waals surface area contributed by atoms with Crippen LogP contribution >= 0.6 is 0 Å². The van der Waals surface area contributed by atoms with Crippen molar-refractivity contribution in [2.24, 2.45) is 69.5 Å². The number of aromatic nitrogens is 9. The molecule has 28 nitrogen and oxygen atoms in total. The van der Waals surface area contributed by atoms with Gasteiger partial charge in [0, 0.05) is 105 Å². The smallest absolute Gasteiger partial charge is 0.354 e. The summed E-state index contributed by atoms with van der Waals surface area (Å²) >= 11 is 0. The van der Waals surface area contributed by atoms with Crippen molar-refractivity contribution in [1.29, 1.82) is 0 Å². The fraction of sp³-hybridized carbons (Fsp3) is 0.700. The Morgan fingerprint density at radius 3 is 1.31 bits per heavy atom. The Kier molecular flexibility index (Phi) is 33.0. The molecule has 18 atom stereocenters. The van der Waals surface area contributed by atoms with Gasteiger partial charge in [-0.2, -0.15) is 19.7 Å². The summed E-state index contributed by atoms with van der Waals surface area (Å²) in [6, 6.07) is 3.29. The van der Waals surface area contributed by atoms with Gasteiger partial charge in [-0.1, -0.05) is 140 Å². The van der Waals surface area contributed by atoms with Gasteiger partial charge in [-0.15, -0.1) is 0 Å². The van der Waals surface area contributed by atoms with E-state index in [9.17, 15) is 47.9 Å². The fourth-order valence-corrected chi connectivity index (χ4v) is 19.7. The van der Waals surface area contributed by atoms with Crippen LogP contribution in [0.5, 0.6) is 17.5 Å². The van der Waals surface area contributed by atoms with Crippen LogP contribution in [0, 0.1) is 69.5 Å². The number of fused-ring (bicyclic) bond motifs is 15. The van der Waals surface area contributed by atoms with Gasteiger partial charge in [0.25, 0.3) is 0 Å². The van der Waals surface area contributed by atoms with E-state index in [0.717, 1.165) is 176 Å². The SMILES string of the molecule is C[C@@H]1[C@@H]2CN(C(=O)[C@H](C(C)(C)C)CC(=O)O[C@@H]3CCC[C@H]3CCCCCc3cn4ccnc4cc3O2)[C@@H]1[C-]=O.C[C@@H]1[C@@H]2CN(C(=O)[C@H](C(C)(C)C)CC(=O)O[C@@H]3CCC[C@H]3CCCCCc3nc4ccnn4cc3O2)[C@@H]1[C-]=O.C[C@@H]1[C@@H]2CN(C(=O)[C@H](C(C)(C)C)CC(=O)O[C@@H]3CCC[C@H]3CCCCCn3c(nc4ccnn4c3=O)O2)[C@@H]1[C-]=O.[V].[V].[V]. The number of aryl methyl sites for hydroxylation is 2. The molecule has 9 aliphatic rings. The summed E-state index contributed by atoms with van der Waals surface area (Å²) < 4.78 is 43.8. The van der Waals surface area contributed by atoms with Gasteiger partial charge in [0.2, 0.25) is 17.7 Å². The Morgan fingerprint density at radius 2 is 0.843 bits per heavy atom. The van der Waals surface area contributed by atoms with Gasteiger partial charge in [-0.05, 0) is 161 Å². The molecular formula is C90H123N12O16V3-3. The Morgan fingerprint density at radius 1 is 0.421 bits per heavy atom. The van der Waals surface area contributed by atoms with Crippen LogP contribution in [0.2, 0.25) is 0 Å². The van der Waals surface area contributed by atoms with Crippen LogP contribution in [0.4, 0.5) is 0 Å². The van der Waals surface area contributed by atoms with Crippen molar-refractivity contribution in [3.63, 3.8) is 0 Å². The first-order valence-corrected chi connectivity index (χ1v) is 43.8. The number of carbonyl (C=O) groups excluding carboxylic acids is 9. The van der Waals surface area contributed by atoms with Gasteiger partial charge in [0.15, 0.2) is 17.0 Å². The number of ether oxygens (including phenoxy) is 6. The molecule has 121 heavy (non-hydrogen) atoms. The molecule has 0 N–H and O–H groups in total. The topological polar surface area (TPSA) is 318 Å². The molecule has 3 radical (unpaired) electrons. The first-order valence-electron chi connectivity index (χ1n) is 43.8. The molecule has 6 aliphatic heterocycles. The molecular weight excluding hydrogens is 1660 g/mol. The van der Waals surface area contributed by atoms with Crippen LogP contribution in [0.15, 0.2) is 60.2 Å². The number of amides is 3. The molecule has 0 unspecified atom stereocenters. The van der Waals surface area contributed by atoms with E-state index >= 15 is 0 Å². The summed E-state index contributed by atoms with van der Waals surface area (Å²) in [4.78, 5) is 150. The molecule has 12 heterocycles. The molecule has 6 fully saturated rings. The maximum absolute atomic E-state index is 14.0. The molecule has 0 aromatic carbocycles. The van der Waals surface area contributed by atoms with E-state index in [1.54, 1.807) is 32.8 Å². The molecule has 0 spiro atoms. The van der Waals surface area contributed by atoms with E-state index < -0.39 is 70.3 Å². The van der Waals surface area contributed by atoms with Gasteiger partial charge in [0.05, 0.1) is 80.9 Å². The number of pyridine rings is 1. The van der Waals surface area contributed by atoms with Crippen molar-refractivity contribution in [3.8, 4) is 17.5 Å². The van der Waals surface area contributed by atoms with E-state index in [0.29, 0.717) is 35.7 Å². The number of hydrogen-bond donors (Lipinski definition) is 0. The van der Waals surface area contributed by atoms with Crippen molar-refractivity contribution in [2.45, 2.75) is 311 Å². The summed E-state index contributed by atoms with van der Waals surface area (Å²) in [6.07, 6.45) is 37.9. The van der Waals surface area contributed by atoms with Gasteiger partial charge in [0.1, 0.15) is 48.0 Å². The number of esters is 3. The van der Waals surface area contributed by atoms with Crippen molar-refractivity contribution in [3.05, 3.63) is 77.1 Å².